The molecular weight excluding hydrogens is 212 g/mol. The Morgan fingerprint density at radius 1 is 1.38 bits per heavy atom. The summed E-state index contributed by atoms with van der Waals surface area (Å²) in [6.07, 6.45) is -0.168. The number of carboxylic acids is 2. The highest BCUT2D eigenvalue weighted by Gasteiger charge is 2.28. The first-order chi connectivity index (χ1) is 7.40. The zero-order chi connectivity index (χ0) is 12.7. The van der Waals surface area contributed by atoms with E-state index in [1.54, 1.807) is 13.8 Å². The first-order valence-corrected chi connectivity index (χ1v) is 4.95. The molecule has 1 unspecified atom stereocenters. The van der Waals surface area contributed by atoms with Gasteiger partial charge in [0.05, 0.1) is 19.0 Å². The summed E-state index contributed by atoms with van der Waals surface area (Å²) in [5.41, 5.74) is 0. The fraction of sp³-hybridized carbons (Fsp3) is 0.700. The van der Waals surface area contributed by atoms with Crippen molar-refractivity contribution in [3.63, 3.8) is 0 Å². The van der Waals surface area contributed by atoms with Gasteiger partial charge in [-0.3, -0.25) is 14.5 Å². The molecule has 0 aromatic carbocycles. The largest absolute Gasteiger partial charge is 0.481 e. The van der Waals surface area contributed by atoms with Crippen LogP contribution in [0.3, 0.4) is 0 Å². The molecule has 0 aromatic heterocycles. The molecule has 16 heavy (non-hydrogen) atoms. The highest BCUT2D eigenvalue weighted by atomic mass is 16.4. The van der Waals surface area contributed by atoms with Crippen LogP contribution in [0.25, 0.3) is 0 Å². The third kappa shape index (κ3) is 4.75. The van der Waals surface area contributed by atoms with Gasteiger partial charge in [-0.05, 0) is 5.92 Å². The number of carbonyl (C=O) groups is 2. The summed E-state index contributed by atoms with van der Waals surface area (Å²) < 4.78 is 0. The van der Waals surface area contributed by atoms with Gasteiger partial charge in [0, 0.05) is 6.54 Å². The predicted octanol–water partition coefficient (Wildman–Crippen LogP) is 0.396. The van der Waals surface area contributed by atoms with E-state index >= 15 is 0 Å². The van der Waals surface area contributed by atoms with Crippen LogP contribution < -0.4 is 0 Å². The highest BCUT2D eigenvalue weighted by Crippen LogP contribution is 2.11. The van der Waals surface area contributed by atoms with Crippen molar-refractivity contribution in [1.29, 1.82) is 5.26 Å². The third-order valence-corrected chi connectivity index (χ3v) is 2.16. The van der Waals surface area contributed by atoms with Crippen LogP contribution >= 0.6 is 0 Å². The van der Waals surface area contributed by atoms with Crippen LogP contribution in [0.5, 0.6) is 0 Å². The Kier molecular flexibility index (Phi) is 6.11. The Morgan fingerprint density at radius 2 is 1.94 bits per heavy atom. The van der Waals surface area contributed by atoms with E-state index in [2.05, 4.69) is 0 Å². The molecule has 0 fully saturated rings. The Morgan fingerprint density at radius 3 is 2.25 bits per heavy atom. The summed E-state index contributed by atoms with van der Waals surface area (Å²) >= 11 is 0. The molecule has 2 N–H and O–H groups in total. The lowest BCUT2D eigenvalue weighted by Crippen LogP contribution is -2.45. The van der Waals surface area contributed by atoms with E-state index in [0.717, 1.165) is 0 Å². The fourth-order valence-electron chi connectivity index (χ4n) is 1.51. The van der Waals surface area contributed by atoms with E-state index in [9.17, 15) is 9.59 Å². The minimum Gasteiger partial charge on any atom is -0.481 e. The van der Waals surface area contributed by atoms with Crippen LogP contribution in [0.1, 0.15) is 20.3 Å². The number of rotatable bonds is 7. The van der Waals surface area contributed by atoms with Crippen LogP contribution in [0.15, 0.2) is 0 Å². The van der Waals surface area contributed by atoms with Gasteiger partial charge in [-0.2, -0.15) is 5.26 Å². The van der Waals surface area contributed by atoms with Crippen molar-refractivity contribution in [2.24, 2.45) is 5.92 Å². The SMILES string of the molecule is CC(C)C(C(=O)O)N(CC#N)CCC(=O)O. The molecule has 0 saturated heterocycles. The minimum absolute atomic E-state index is 0.0675. The Labute approximate surface area is 94.1 Å². The number of hydrogen-bond acceptors (Lipinski definition) is 4. The van der Waals surface area contributed by atoms with Gasteiger partial charge in [-0.1, -0.05) is 13.8 Å². The zero-order valence-electron chi connectivity index (χ0n) is 9.38. The van der Waals surface area contributed by atoms with Gasteiger partial charge < -0.3 is 10.2 Å². The molecule has 0 aliphatic carbocycles. The monoisotopic (exact) mass is 228 g/mol. The zero-order valence-corrected chi connectivity index (χ0v) is 9.38. The first kappa shape index (κ1) is 14.4. The van der Waals surface area contributed by atoms with E-state index < -0.39 is 18.0 Å². The van der Waals surface area contributed by atoms with Crippen molar-refractivity contribution in [3.05, 3.63) is 0 Å². The molecule has 90 valence electrons. The van der Waals surface area contributed by atoms with Crippen molar-refractivity contribution in [3.8, 4) is 6.07 Å². The molecule has 6 heteroatoms. The van der Waals surface area contributed by atoms with Gasteiger partial charge in [0.25, 0.3) is 0 Å². The maximum atomic E-state index is 11.0. The first-order valence-electron chi connectivity index (χ1n) is 4.95. The van der Waals surface area contributed by atoms with Crippen molar-refractivity contribution >= 4 is 11.9 Å². The summed E-state index contributed by atoms with van der Waals surface area (Å²) in [5, 5.41) is 26.1. The number of aliphatic carboxylic acids is 2. The summed E-state index contributed by atoms with van der Waals surface area (Å²) in [6, 6.07) is 1.03. The van der Waals surface area contributed by atoms with E-state index in [-0.39, 0.29) is 25.4 Å². The number of nitriles is 1. The maximum absolute atomic E-state index is 11.0. The molecule has 0 amide bonds. The van der Waals surface area contributed by atoms with Crippen molar-refractivity contribution < 1.29 is 19.8 Å². The lowest BCUT2D eigenvalue weighted by atomic mass is 10.0. The molecular formula is C10H16N2O4. The van der Waals surface area contributed by atoms with Crippen LogP contribution in [0.2, 0.25) is 0 Å². The second-order valence-corrected chi connectivity index (χ2v) is 3.80. The van der Waals surface area contributed by atoms with E-state index in [4.69, 9.17) is 15.5 Å². The number of hydrogen-bond donors (Lipinski definition) is 2. The molecule has 0 radical (unpaired) electrons. The van der Waals surface area contributed by atoms with Gasteiger partial charge in [0.2, 0.25) is 0 Å². The minimum atomic E-state index is -1.03. The third-order valence-electron chi connectivity index (χ3n) is 2.16. The second kappa shape index (κ2) is 6.80. The number of nitrogens with zero attached hydrogens (tertiary/aromatic N) is 2. The van der Waals surface area contributed by atoms with Crippen molar-refractivity contribution in [2.75, 3.05) is 13.1 Å². The molecule has 6 nitrogen and oxygen atoms in total. The average molecular weight is 228 g/mol. The molecule has 1 atom stereocenters. The van der Waals surface area contributed by atoms with Gasteiger partial charge in [0.1, 0.15) is 6.04 Å². The molecule has 0 rings (SSSR count). The summed E-state index contributed by atoms with van der Waals surface area (Å²) in [7, 11) is 0. The van der Waals surface area contributed by atoms with Gasteiger partial charge in [0.15, 0.2) is 0 Å². The molecule has 0 spiro atoms. The fourth-order valence-corrected chi connectivity index (χ4v) is 1.51. The quantitative estimate of drug-likeness (QED) is 0.611. The van der Waals surface area contributed by atoms with Crippen molar-refractivity contribution in [1.82, 2.24) is 4.90 Å². The standard InChI is InChI=1S/C10H16N2O4/c1-7(2)9(10(15)16)12(6-4-11)5-3-8(13)14/h7,9H,3,5-6H2,1-2H3,(H,13,14)(H,15,16). The van der Waals surface area contributed by atoms with Crippen LogP contribution in [-0.2, 0) is 9.59 Å². The van der Waals surface area contributed by atoms with E-state index in [1.807, 2.05) is 6.07 Å². The maximum Gasteiger partial charge on any atom is 0.321 e. The molecule has 0 aliphatic rings. The smallest absolute Gasteiger partial charge is 0.321 e. The van der Waals surface area contributed by atoms with Crippen LogP contribution in [0, 0.1) is 17.2 Å². The Hall–Kier alpha value is -1.61. The normalized spacial score (nSPS) is 12.4. The molecule has 0 heterocycles. The van der Waals surface area contributed by atoms with Gasteiger partial charge in [-0.25, -0.2) is 0 Å². The predicted molar refractivity (Wildman–Crippen MR) is 55.7 cm³/mol. The van der Waals surface area contributed by atoms with Crippen LogP contribution in [0.4, 0.5) is 0 Å². The Balaban J connectivity index is 4.65. The molecule has 0 aliphatic heterocycles. The van der Waals surface area contributed by atoms with Gasteiger partial charge in [-0.15, -0.1) is 0 Å². The topological polar surface area (TPSA) is 102 Å². The molecule has 0 saturated carbocycles. The lowest BCUT2D eigenvalue weighted by molar-refractivity contribution is -0.146. The van der Waals surface area contributed by atoms with Crippen molar-refractivity contribution in [2.45, 2.75) is 26.3 Å². The number of carboxylic acid groups (broad SMARTS) is 2. The average Bonchev–Trinajstić information content (AvgIpc) is 2.13. The second-order valence-electron chi connectivity index (χ2n) is 3.80. The molecule has 0 bridgehead atoms. The molecule has 0 aromatic rings. The summed E-state index contributed by atoms with van der Waals surface area (Å²) in [4.78, 5) is 22.8. The lowest BCUT2D eigenvalue weighted by Gasteiger charge is -2.28. The van der Waals surface area contributed by atoms with Crippen LogP contribution in [-0.4, -0.2) is 46.2 Å². The summed E-state index contributed by atoms with van der Waals surface area (Å²) in [5.74, 6) is -2.22. The van der Waals surface area contributed by atoms with E-state index in [0.29, 0.717) is 0 Å². The Bertz CT molecular complexity index is 296. The van der Waals surface area contributed by atoms with E-state index in [1.165, 1.54) is 4.90 Å². The summed E-state index contributed by atoms with van der Waals surface area (Å²) in [6.45, 7) is 3.44. The van der Waals surface area contributed by atoms with Gasteiger partial charge >= 0.3 is 11.9 Å². The highest BCUT2D eigenvalue weighted by molar-refractivity contribution is 5.74.